The van der Waals surface area contributed by atoms with Crippen molar-refractivity contribution in [3.05, 3.63) is 71.8 Å². The number of rotatable bonds is 10. The smallest absolute Gasteiger partial charge is 0.0635 e. The highest BCUT2D eigenvalue weighted by atomic mass is 15.6. The molecule has 0 aromatic heterocycles. The SMILES string of the molecule is CN(C)CCN(Cc1ccccc1)N(CCC#N)Cc1ccccc1. The number of hydrazine groups is 1. The summed E-state index contributed by atoms with van der Waals surface area (Å²) in [5, 5.41) is 13.8. The van der Waals surface area contributed by atoms with Crippen molar-refractivity contribution in [2.45, 2.75) is 19.5 Å². The molecule has 0 atom stereocenters. The van der Waals surface area contributed by atoms with Crippen molar-refractivity contribution in [1.82, 2.24) is 14.9 Å². The third kappa shape index (κ3) is 7.06. The van der Waals surface area contributed by atoms with E-state index in [4.69, 9.17) is 5.26 Å². The monoisotopic (exact) mass is 336 g/mol. The van der Waals surface area contributed by atoms with Crippen LogP contribution in [-0.4, -0.2) is 48.6 Å². The van der Waals surface area contributed by atoms with E-state index in [0.29, 0.717) is 6.42 Å². The van der Waals surface area contributed by atoms with E-state index in [-0.39, 0.29) is 0 Å². The summed E-state index contributed by atoms with van der Waals surface area (Å²) in [5.41, 5.74) is 2.56. The fourth-order valence-electron chi connectivity index (χ4n) is 2.72. The van der Waals surface area contributed by atoms with Crippen molar-refractivity contribution in [3.8, 4) is 6.07 Å². The van der Waals surface area contributed by atoms with Crippen LogP contribution < -0.4 is 0 Å². The van der Waals surface area contributed by atoms with Crippen molar-refractivity contribution in [2.24, 2.45) is 0 Å². The molecule has 25 heavy (non-hydrogen) atoms. The minimum Gasteiger partial charge on any atom is -0.308 e. The van der Waals surface area contributed by atoms with Gasteiger partial charge in [-0.3, -0.25) is 0 Å². The Hall–Kier alpha value is -2.19. The van der Waals surface area contributed by atoms with E-state index in [9.17, 15) is 0 Å². The number of nitrogens with zero attached hydrogens (tertiary/aromatic N) is 4. The summed E-state index contributed by atoms with van der Waals surface area (Å²) in [6.45, 7) is 4.33. The first-order valence-electron chi connectivity index (χ1n) is 8.78. The van der Waals surface area contributed by atoms with Gasteiger partial charge in [0, 0.05) is 39.1 Å². The Morgan fingerprint density at radius 2 is 1.20 bits per heavy atom. The van der Waals surface area contributed by atoms with Crippen molar-refractivity contribution >= 4 is 0 Å². The van der Waals surface area contributed by atoms with Crippen LogP contribution in [0.5, 0.6) is 0 Å². The fourth-order valence-corrected chi connectivity index (χ4v) is 2.72. The second-order valence-corrected chi connectivity index (χ2v) is 6.46. The standard InChI is InChI=1S/C21H28N4/c1-23(2)16-17-25(19-21-12-7-4-8-13-21)24(15-9-14-22)18-20-10-5-3-6-11-20/h3-8,10-13H,9,15-19H2,1-2H3. The van der Waals surface area contributed by atoms with E-state index in [1.807, 2.05) is 12.1 Å². The van der Waals surface area contributed by atoms with Crippen LogP contribution in [0, 0.1) is 11.3 Å². The van der Waals surface area contributed by atoms with Crippen LogP contribution in [0.2, 0.25) is 0 Å². The van der Waals surface area contributed by atoms with Crippen molar-refractivity contribution in [3.63, 3.8) is 0 Å². The molecule has 0 N–H and O–H groups in total. The number of benzene rings is 2. The van der Waals surface area contributed by atoms with E-state index in [0.717, 1.165) is 32.7 Å². The van der Waals surface area contributed by atoms with Gasteiger partial charge in [0.25, 0.3) is 0 Å². The van der Waals surface area contributed by atoms with Crippen LogP contribution in [0.4, 0.5) is 0 Å². The molecule has 0 bridgehead atoms. The number of likely N-dealkylation sites (N-methyl/N-ethyl adjacent to an activating group) is 1. The molecule has 0 aliphatic heterocycles. The van der Waals surface area contributed by atoms with Crippen LogP contribution >= 0.6 is 0 Å². The van der Waals surface area contributed by atoms with E-state index < -0.39 is 0 Å². The minimum atomic E-state index is 0.528. The topological polar surface area (TPSA) is 33.5 Å². The van der Waals surface area contributed by atoms with E-state index in [1.54, 1.807) is 0 Å². The maximum atomic E-state index is 9.07. The lowest BCUT2D eigenvalue weighted by Crippen LogP contribution is -2.45. The zero-order valence-electron chi connectivity index (χ0n) is 15.3. The molecule has 4 heteroatoms. The summed E-state index contributed by atoms with van der Waals surface area (Å²) in [6.07, 6.45) is 0.528. The molecule has 0 unspecified atom stereocenters. The third-order valence-corrected chi connectivity index (χ3v) is 4.10. The van der Waals surface area contributed by atoms with Crippen LogP contribution in [0.25, 0.3) is 0 Å². The van der Waals surface area contributed by atoms with Gasteiger partial charge in [0.15, 0.2) is 0 Å². The molecule has 2 aromatic rings. The maximum Gasteiger partial charge on any atom is 0.0635 e. The molecule has 0 spiro atoms. The van der Waals surface area contributed by atoms with Gasteiger partial charge in [-0.05, 0) is 25.2 Å². The first-order chi connectivity index (χ1) is 12.2. The Morgan fingerprint density at radius 3 is 1.64 bits per heavy atom. The highest BCUT2D eigenvalue weighted by Crippen LogP contribution is 2.13. The Balaban J connectivity index is 2.15. The van der Waals surface area contributed by atoms with Gasteiger partial charge in [-0.25, -0.2) is 10.0 Å². The predicted molar refractivity (Wildman–Crippen MR) is 102 cm³/mol. The molecule has 4 nitrogen and oxygen atoms in total. The highest BCUT2D eigenvalue weighted by Gasteiger charge is 2.16. The van der Waals surface area contributed by atoms with Gasteiger partial charge in [-0.15, -0.1) is 0 Å². The molecule has 0 aliphatic carbocycles. The van der Waals surface area contributed by atoms with Gasteiger partial charge in [0.1, 0.15) is 0 Å². The largest absolute Gasteiger partial charge is 0.308 e. The Kier molecular flexibility index (Phi) is 8.14. The van der Waals surface area contributed by atoms with Gasteiger partial charge in [0.05, 0.1) is 6.07 Å². The molecule has 2 rings (SSSR count). The number of hydrogen-bond donors (Lipinski definition) is 0. The second kappa shape index (κ2) is 10.6. The average molecular weight is 336 g/mol. The maximum absolute atomic E-state index is 9.07. The average Bonchev–Trinajstić information content (AvgIpc) is 2.64. The summed E-state index contributed by atoms with van der Waals surface area (Å²) in [7, 11) is 4.19. The quantitative estimate of drug-likeness (QED) is 0.623. The van der Waals surface area contributed by atoms with Gasteiger partial charge in [0.2, 0.25) is 0 Å². The van der Waals surface area contributed by atoms with Gasteiger partial charge < -0.3 is 4.90 Å². The minimum absolute atomic E-state index is 0.528. The number of hydrogen-bond acceptors (Lipinski definition) is 4. The van der Waals surface area contributed by atoms with E-state index in [2.05, 4.69) is 83.6 Å². The van der Waals surface area contributed by atoms with Gasteiger partial charge in [-0.2, -0.15) is 5.26 Å². The first-order valence-corrected chi connectivity index (χ1v) is 8.78. The van der Waals surface area contributed by atoms with Crippen LogP contribution in [0.15, 0.2) is 60.7 Å². The molecule has 0 fully saturated rings. The molecular formula is C21H28N4. The summed E-state index contributed by atoms with van der Waals surface area (Å²) in [6, 6.07) is 23.3. The van der Waals surface area contributed by atoms with Gasteiger partial charge >= 0.3 is 0 Å². The molecule has 2 aromatic carbocycles. The molecule has 0 heterocycles. The summed E-state index contributed by atoms with van der Waals surface area (Å²) >= 11 is 0. The highest BCUT2D eigenvalue weighted by molar-refractivity contribution is 5.16. The zero-order valence-corrected chi connectivity index (χ0v) is 15.3. The van der Waals surface area contributed by atoms with Crippen LogP contribution in [-0.2, 0) is 13.1 Å². The van der Waals surface area contributed by atoms with Gasteiger partial charge in [-0.1, -0.05) is 60.7 Å². The summed E-state index contributed by atoms with van der Waals surface area (Å²) < 4.78 is 0. The third-order valence-electron chi connectivity index (χ3n) is 4.10. The Labute approximate surface area is 151 Å². The zero-order chi connectivity index (χ0) is 17.9. The molecule has 0 aliphatic rings. The second-order valence-electron chi connectivity index (χ2n) is 6.46. The van der Waals surface area contributed by atoms with Crippen molar-refractivity contribution in [2.75, 3.05) is 33.7 Å². The Bertz CT molecular complexity index is 634. The first kappa shape index (κ1) is 19.1. The molecule has 0 amide bonds. The number of nitriles is 1. The van der Waals surface area contributed by atoms with Crippen LogP contribution in [0.3, 0.4) is 0 Å². The summed E-state index contributed by atoms with van der Waals surface area (Å²) in [4.78, 5) is 2.20. The lowest BCUT2D eigenvalue weighted by molar-refractivity contribution is -0.0429. The molecule has 132 valence electrons. The molecule has 0 saturated carbocycles. The lowest BCUT2D eigenvalue weighted by Gasteiger charge is -2.35. The fraction of sp³-hybridized carbons (Fsp3) is 0.381. The lowest BCUT2D eigenvalue weighted by atomic mass is 10.2. The van der Waals surface area contributed by atoms with E-state index >= 15 is 0 Å². The summed E-state index contributed by atoms with van der Waals surface area (Å²) in [5.74, 6) is 0. The normalized spacial score (nSPS) is 11.2. The predicted octanol–water partition coefficient (Wildman–Crippen LogP) is 3.38. The molecule has 0 saturated heterocycles. The van der Waals surface area contributed by atoms with E-state index in [1.165, 1.54) is 11.1 Å². The van der Waals surface area contributed by atoms with Crippen molar-refractivity contribution in [1.29, 1.82) is 5.26 Å². The Morgan fingerprint density at radius 1 is 0.720 bits per heavy atom. The van der Waals surface area contributed by atoms with Crippen molar-refractivity contribution < 1.29 is 0 Å². The molecule has 0 radical (unpaired) electrons. The molecular weight excluding hydrogens is 308 g/mol. The van der Waals surface area contributed by atoms with Crippen LogP contribution in [0.1, 0.15) is 17.5 Å².